The van der Waals surface area contributed by atoms with Crippen molar-refractivity contribution in [3.8, 4) is 11.5 Å². The second kappa shape index (κ2) is 5.34. The van der Waals surface area contributed by atoms with E-state index in [-0.39, 0.29) is 0 Å². The summed E-state index contributed by atoms with van der Waals surface area (Å²) in [6.45, 7) is 1.63. The number of aromatic nitrogens is 1. The Hall–Kier alpha value is -1.78. The van der Waals surface area contributed by atoms with Gasteiger partial charge in [0.2, 0.25) is 0 Å². The molecule has 1 rings (SSSR count). The number of pyridine rings is 1. The molecule has 0 aliphatic heterocycles. The Morgan fingerprint density at radius 3 is 2.69 bits per heavy atom. The zero-order valence-corrected chi connectivity index (χ0v) is 9.56. The summed E-state index contributed by atoms with van der Waals surface area (Å²) in [6.07, 6.45) is 1.89. The fourth-order valence-corrected chi connectivity index (χ4v) is 1.37. The van der Waals surface area contributed by atoms with Crippen LogP contribution in [0.15, 0.2) is 12.3 Å². The van der Waals surface area contributed by atoms with E-state index in [2.05, 4.69) is 4.98 Å². The monoisotopic (exact) mass is 225 g/mol. The van der Waals surface area contributed by atoms with Gasteiger partial charge < -0.3 is 14.6 Å². The number of carboxylic acid groups (broad SMARTS) is 1. The van der Waals surface area contributed by atoms with Crippen LogP contribution in [0.4, 0.5) is 0 Å². The van der Waals surface area contributed by atoms with Crippen molar-refractivity contribution < 1.29 is 19.4 Å². The first-order valence-electron chi connectivity index (χ1n) is 4.88. The van der Waals surface area contributed by atoms with Crippen LogP contribution in [0.25, 0.3) is 0 Å². The highest BCUT2D eigenvalue weighted by molar-refractivity contribution is 5.70. The normalized spacial score (nSPS) is 11.9. The summed E-state index contributed by atoms with van der Waals surface area (Å²) >= 11 is 0. The maximum atomic E-state index is 10.8. The SMILES string of the molecule is COc1ccnc(CC(C)C(=O)O)c1OC. The summed E-state index contributed by atoms with van der Waals surface area (Å²) in [5.41, 5.74) is 0.594. The Morgan fingerprint density at radius 1 is 1.50 bits per heavy atom. The average molecular weight is 225 g/mol. The summed E-state index contributed by atoms with van der Waals surface area (Å²) < 4.78 is 10.3. The second-order valence-electron chi connectivity index (χ2n) is 3.44. The molecule has 1 unspecified atom stereocenters. The number of rotatable bonds is 5. The summed E-state index contributed by atoms with van der Waals surface area (Å²) in [5, 5.41) is 8.83. The third-order valence-electron chi connectivity index (χ3n) is 2.29. The minimum atomic E-state index is -0.855. The van der Waals surface area contributed by atoms with Crippen LogP contribution in [0.5, 0.6) is 11.5 Å². The van der Waals surface area contributed by atoms with Crippen LogP contribution in [-0.2, 0) is 11.2 Å². The van der Waals surface area contributed by atoms with Crippen LogP contribution < -0.4 is 9.47 Å². The van der Waals surface area contributed by atoms with E-state index in [1.807, 2.05) is 0 Å². The van der Waals surface area contributed by atoms with Gasteiger partial charge in [0.05, 0.1) is 25.8 Å². The summed E-state index contributed by atoms with van der Waals surface area (Å²) in [7, 11) is 3.04. The molecule has 0 aliphatic rings. The molecule has 88 valence electrons. The number of aliphatic carboxylic acids is 1. The van der Waals surface area contributed by atoms with Crippen molar-refractivity contribution in [1.29, 1.82) is 0 Å². The Bertz CT molecular complexity index is 378. The van der Waals surface area contributed by atoms with E-state index >= 15 is 0 Å². The molecule has 16 heavy (non-hydrogen) atoms. The van der Waals surface area contributed by atoms with Gasteiger partial charge in [-0.25, -0.2) is 0 Å². The zero-order valence-electron chi connectivity index (χ0n) is 9.56. The Kier molecular flexibility index (Phi) is 4.10. The third kappa shape index (κ3) is 2.62. The van der Waals surface area contributed by atoms with Crippen molar-refractivity contribution in [2.24, 2.45) is 5.92 Å². The lowest BCUT2D eigenvalue weighted by Gasteiger charge is -2.12. The maximum absolute atomic E-state index is 10.8. The largest absolute Gasteiger partial charge is 0.493 e. The fraction of sp³-hybridized carbons (Fsp3) is 0.455. The van der Waals surface area contributed by atoms with Gasteiger partial charge in [0.25, 0.3) is 0 Å². The van der Waals surface area contributed by atoms with Gasteiger partial charge >= 0.3 is 5.97 Å². The smallest absolute Gasteiger partial charge is 0.306 e. The number of nitrogens with zero attached hydrogens (tertiary/aromatic N) is 1. The van der Waals surface area contributed by atoms with E-state index in [1.54, 1.807) is 19.2 Å². The fourth-order valence-electron chi connectivity index (χ4n) is 1.37. The van der Waals surface area contributed by atoms with Crippen LogP contribution in [0.1, 0.15) is 12.6 Å². The molecule has 1 N–H and O–H groups in total. The van der Waals surface area contributed by atoms with Gasteiger partial charge in [-0.15, -0.1) is 0 Å². The van der Waals surface area contributed by atoms with Crippen LogP contribution in [0, 0.1) is 5.92 Å². The molecular weight excluding hydrogens is 210 g/mol. The van der Waals surface area contributed by atoms with E-state index in [0.717, 1.165) is 0 Å². The van der Waals surface area contributed by atoms with E-state index < -0.39 is 11.9 Å². The number of hydrogen-bond donors (Lipinski definition) is 1. The highest BCUT2D eigenvalue weighted by Crippen LogP contribution is 2.30. The summed E-state index contributed by atoms with van der Waals surface area (Å²) in [6, 6.07) is 1.67. The molecule has 0 radical (unpaired) electrons. The Labute approximate surface area is 94.0 Å². The molecule has 5 heteroatoms. The number of carboxylic acids is 1. The third-order valence-corrected chi connectivity index (χ3v) is 2.29. The van der Waals surface area contributed by atoms with Gasteiger partial charge in [0, 0.05) is 18.7 Å². The van der Waals surface area contributed by atoms with Crippen LogP contribution in [-0.4, -0.2) is 30.3 Å². The maximum Gasteiger partial charge on any atom is 0.306 e. The Balaban J connectivity index is 2.99. The van der Waals surface area contributed by atoms with Gasteiger partial charge in [0.1, 0.15) is 0 Å². The highest BCUT2D eigenvalue weighted by atomic mass is 16.5. The molecule has 1 aromatic heterocycles. The molecule has 5 nitrogen and oxygen atoms in total. The van der Waals surface area contributed by atoms with Gasteiger partial charge in [-0.1, -0.05) is 6.92 Å². The van der Waals surface area contributed by atoms with Crippen molar-refractivity contribution in [2.45, 2.75) is 13.3 Å². The van der Waals surface area contributed by atoms with Crippen molar-refractivity contribution in [1.82, 2.24) is 4.98 Å². The summed E-state index contributed by atoms with van der Waals surface area (Å²) in [5.74, 6) is -0.302. The minimum Gasteiger partial charge on any atom is -0.493 e. The quantitative estimate of drug-likeness (QED) is 0.819. The molecule has 0 amide bonds. The molecule has 1 atom stereocenters. The van der Waals surface area contributed by atoms with E-state index in [0.29, 0.717) is 23.6 Å². The van der Waals surface area contributed by atoms with Crippen LogP contribution in [0.2, 0.25) is 0 Å². The lowest BCUT2D eigenvalue weighted by Crippen LogP contribution is -2.14. The van der Waals surface area contributed by atoms with Gasteiger partial charge in [0.15, 0.2) is 11.5 Å². The lowest BCUT2D eigenvalue weighted by molar-refractivity contribution is -0.141. The Morgan fingerprint density at radius 2 is 2.19 bits per heavy atom. The van der Waals surface area contributed by atoms with Crippen molar-refractivity contribution >= 4 is 5.97 Å². The summed E-state index contributed by atoms with van der Waals surface area (Å²) in [4.78, 5) is 14.9. The first-order valence-corrected chi connectivity index (χ1v) is 4.88. The van der Waals surface area contributed by atoms with E-state index in [9.17, 15) is 4.79 Å². The minimum absolute atomic E-state index is 0.315. The molecule has 0 aromatic carbocycles. The van der Waals surface area contributed by atoms with Crippen LogP contribution >= 0.6 is 0 Å². The molecule has 0 aliphatic carbocycles. The molecule has 0 saturated carbocycles. The van der Waals surface area contributed by atoms with E-state index in [4.69, 9.17) is 14.6 Å². The lowest BCUT2D eigenvalue weighted by atomic mass is 10.0. The van der Waals surface area contributed by atoms with Gasteiger partial charge in [-0.2, -0.15) is 0 Å². The first kappa shape index (κ1) is 12.3. The van der Waals surface area contributed by atoms with Crippen LogP contribution in [0.3, 0.4) is 0 Å². The molecule has 0 bridgehead atoms. The number of hydrogen-bond acceptors (Lipinski definition) is 4. The second-order valence-corrected chi connectivity index (χ2v) is 3.44. The van der Waals surface area contributed by atoms with Gasteiger partial charge in [-0.3, -0.25) is 9.78 Å². The number of ether oxygens (including phenoxy) is 2. The predicted molar refractivity (Wildman–Crippen MR) is 57.8 cm³/mol. The van der Waals surface area contributed by atoms with Crippen molar-refractivity contribution in [2.75, 3.05) is 14.2 Å². The molecule has 0 spiro atoms. The first-order chi connectivity index (χ1) is 7.60. The number of methoxy groups -OCH3 is 2. The highest BCUT2D eigenvalue weighted by Gasteiger charge is 2.17. The molecular formula is C11H15NO4. The van der Waals surface area contributed by atoms with E-state index in [1.165, 1.54) is 14.2 Å². The van der Waals surface area contributed by atoms with Gasteiger partial charge in [-0.05, 0) is 0 Å². The topological polar surface area (TPSA) is 68.7 Å². The standard InChI is InChI=1S/C11H15NO4/c1-7(11(13)14)6-8-10(16-3)9(15-2)4-5-12-8/h4-5,7H,6H2,1-3H3,(H,13,14). The van der Waals surface area contributed by atoms with Crippen molar-refractivity contribution in [3.05, 3.63) is 18.0 Å². The zero-order chi connectivity index (χ0) is 12.1. The molecule has 1 aromatic rings. The molecule has 0 saturated heterocycles. The van der Waals surface area contributed by atoms with Crippen molar-refractivity contribution in [3.63, 3.8) is 0 Å². The predicted octanol–water partition coefficient (Wildman–Crippen LogP) is 1.36. The number of carbonyl (C=O) groups is 1. The molecule has 1 heterocycles. The average Bonchev–Trinajstić information content (AvgIpc) is 2.28. The molecule has 0 fully saturated rings.